The quantitative estimate of drug-likeness (QED) is 0.584. The van der Waals surface area contributed by atoms with E-state index in [2.05, 4.69) is 0 Å². The van der Waals surface area contributed by atoms with Crippen LogP contribution < -0.4 is 4.74 Å². The van der Waals surface area contributed by atoms with Gasteiger partial charge in [-0.3, -0.25) is 0 Å². The lowest BCUT2D eigenvalue weighted by Crippen LogP contribution is -1.95. The van der Waals surface area contributed by atoms with Gasteiger partial charge >= 0.3 is 0 Å². The van der Waals surface area contributed by atoms with Crippen molar-refractivity contribution in [1.82, 2.24) is 0 Å². The molecule has 0 spiro atoms. The Morgan fingerprint density at radius 3 is 2.10 bits per heavy atom. The average molecular weight is 276 g/mol. The number of aryl methyl sites for hydroxylation is 1. The third-order valence-corrected chi connectivity index (χ3v) is 3.47. The molecule has 3 aromatic rings. The van der Waals surface area contributed by atoms with Crippen LogP contribution in [-0.4, -0.2) is 7.11 Å². The Bertz CT molecular complexity index is 840. The lowest BCUT2D eigenvalue weighted by molar-refractivity contribution is 0.389. The highest BCUT2D eigenvalue weighted by Crippen LogP contribution is 2.35. The van der Waals surface area contributed by atoms with E-state index in [0.29, 0.717) is 10.8 Å². The Morgan fingerprint density at radius 1 is 0.800 bits per heavy atom. The van der Waals surface area contributed by atoms with Crippen LogP contribution in [0.15, 0.2) is 30.3 Å². The van der Waals surface area contributed by atoms with Crippen molar-refractivity contribution >= 4 is 21.5 Å². The number of ether oxygens (including phenoxy) is 1. The van der Waals surface area contributed by atoms with Crippen LogP contribution in [-0.2, 0) is 0 Å². The Kier molecular flexibility index (Phi) is 2.82. The molecular formula is C16H11F3O. The monoisotopic (exact) mass is 276 g/mol. The Labute approximate surface area is 113 Å². The first-order valence-electron chi connectivity index (χ1n) is 6.08. The number of rotatable bonds is 1. The molecule has 4 heteroatoms. The van der Waals surface area contributed by atoms with Gasteiger partial charge in [-0.1, -0.05) is 18.2 Å². The molecule has 0 aliphatic heterocycles. The van der Waals surface area contributed by atoms with Gasteiger partial charge in [0.25, 0.3) is 0 Å². The molecule has 0 saturated heterocycles. The van der Waals surface area contributed by atoms with Crippen molar-refractivity contribution < 1.29 is 17.9 Å². The van der Waals surface area contributed by atoms with Gasteiger partial charge in [0.15, 0.2) is 23.2 Å². The molecule has 0 unspecified atom stereocenters. The fourth-order valence-corrected chi connectivity index (χ4v) is 2.47. The highest BCUT2D eigenvalue weighted by molar-refractivity contribution is 6.08. The standard InChI is InChI=1S/C16H11F3O/c1-8-7-10-4-3-9-5-6-11(20-2)15(18)12(9)13(10)16(19)14(8)17/h3-7H,1-2H3. The number of hydrogen-bond donors (Lipinski definition) is 0. The number of hydrogen-bond acceptors (Lipinski definition) is 1. The normalized spacial score (nSPS) is 11.2. The van der Waals surface area contributed by atoms with Crippen LogP contribution in [0.1, 0.15) is 5.56 Å². The fourth-order valence-electron chi connectivity index (χ4n) is 2.47. The summed E-state index contributed by atoms with van der Waals surface area (Å²) in [6.07, 6.45) is 0. The summed E-state index contributed by atoms with van der Waals surface area (Å²) in [5, 5.41) is 0.944. The van der Waals surface area contributed by atoms with Crippen molar-refractivity contribution in [2.75, 3.05) is 7.11 Å². The molecule has 0 fully saturated rings. The van der Waals surface area contributed by atoms with Gasteiger partial charge in [-0.05, 0) is 35.4 Å². The molecule has 0 radical (unpaired) electrons. The van der Waals surface area contributed by atoms with Gasteiger partial charge in [0.2, 0.25) is 0 Å². The molecule has 1 nitrogen and oxygen atoms in total. The summed E-state index contributed by atoms with van der Waals surface area (Å²) in [5.41, 5.74) is 0.192. The van der Waals surface area contributed by atoms with Gasteiger partial charge in [-0.2, -0.15) is 0 Å². The van der Waals surface area contributed by atoms with Crippen molar-refractivity contribution in [3.05, 3.63) is 53.3 Å². The van der Waals surface area contributed by atoms with E-state index >= 15 is 0 Å². The molecule has 0 aliphatic rings. The van der Waals surface area contributed by atoms with Crippen molar-refractivity contribution in [2.24, 2.45) is 0 Å². The van der Waals surface area contributed by atoms with E-state index in [1.165, 1.54) is 26.2 Å². The van der Waals surface area contributed by atoms with Crippen LogP contribution in [0, 0.1) is 24.4 Å². The minimum Gasteiger partial charge on any atom is -0.494 e. The largest absolute Gasteiger partial charge is 0.494 e. The molecule has 20 heavy (non-hydrogen) atoms. The van der Waals surface area contributed by atoms with Crippen LogP contribution in [0.2, 0.25) is 0 Å². The van der Waals surface area contributed by atoms with Gasteiger partial charge < -0.3 is 4.74 Å². The molecular weight excluding hydrogens is 265 g/mol. The lowest BCUT2D eigenvalue weighted by Gasteiger charge is -2.10. The first kappa shape index (κ1) is 12.8. The maximum atomic E-state index is 14.4. The summed E-state index contributed by atoms with van der Waals surface area (Å²) in [6.45, 7) is 1.48. The van der Waals surface area contributed by atoms with E-state index < -0.39 is 17.5 Å². The summed E-state index contributed by atoms with van der Waals surface area (Å²) in [4.78, 5) is 0. The molecule has 0 atom stereocenters. The van der Waals surface area contributed by atoms with Crippen molar-refractivity contribution in [2.45, 2.75) is 6.92 Å². The zero-order valence-electron chi connectivity index (χ0n) is 10.9. The molecule has 3 aromatic carbocycles. The molecule has 0 aromatic heterocycles. The Morgan fingerprint density at radius 2 is 1.40 bits per heavy atom. The molecule has 0 saturated carbocycles. The summed E-state index contributed by atoms with van der Waals surface area (Å²) in [5.74, 6) is -2.66. The highest BCUT2D eigenvalue weighted by Gasteiger charge is 2.17. The van der Waals surface area contributed by atoms with E-state index in [0.717, 1.165) is 0 Å². The van der Waals surface area contributed by atoms with Crippen molar-refractivity contribution in [3.8, 4) is 5.75 Å². The van der Waals surface area contributed by atoms with Gasteiger partial charge in [0, 0.05) is 10.8 Å². The second-order valence-electron chi connectivity index (χ2n) is 4.67. The van der Waals surface area contributed by atoms with Gasteiger partial charge in [0.05, 0.1) is 7.11 Å². The summed E-state index contributed by atoms with van der Waals surface area (Å²) >= 11 is 0. The first-order chi connectivity index (χ1) is 9.54. The van der Waals surface area contributed by atoms with E-state index in [1.807, 2.05) is 0 Å². The minimum absolute atomic E-state index is 0.00498. The van der Waals surface area contributed by atoms with E-state index in [4.69, 9.17) is 4.74 Å². The molecule has 0 amide bonds. The number of fused-ring (bicyclic) bond motifs is 3. The molecule has 0 heterocycles. The molecule has 0 bridgehead atoms. The number of halogens is 3. The van der Waals surface area contributed by atoms with E-state index in [9.17, 15) is 13.2 Å². The molecule has 0 aliphatic carbocycles. The SMILES string of the molecule is COc1ccc2ccc3cc(C)c(F)c(F)c3c2c1F. The maximum absolute atomic E-state index is 14.4. The number of benzene rings is 3. The van der Waals surface area contributed by atoms with Crippen LogP contribution in [0.4, 0.5) is 13.2 Å². The van der Waals surface area contributed by atoms with Gasteiger partial charge in [0.1, 0.15) is 0 Å². The lowest BCUT2D eigenvalue weighted by atomic mass is 9.99. The summed E-state index contributed by atoms with van der Waals surface area (Å²) in [7, 11) is 1.33. The fraction of sp³-hybridized carbons (Fsp3) is 0.125. The third-order valence-electron chi connectivity index (χ3n) is 3.47. The second kappa shape index (κ2) is 4.40. The highest BCUT2D eigenvalue weighted by atomic mass is 19.2. The molecule has 102 valence electrons. The average Bonchev–Trinajstić information content (AvgIpc) is 2.45. The zero-order valence-corrected chi connectivity index (χ0v) is 10.9. The second-order valence-corrected chi connectivity index (χ2v) is 4.67. The predicted molar refractivity (Wildman–Crippen MR) is 72.6 cm³/mol. The van der Waals surface area contributed by atoms with Crippen LogP contribution in [0.25, 0.3) is 21.5 Å². The smallest absolute Gasteiger partial charge is 0.173 e. The molecule has 3 rings (SSSR count). The Balaban J connectivity index is 2.60. The minimum atomic E-state index is -1.03. The van der Waals surface area contributed by atoms with Gasteiger partial charge in [-0.25, -0.2) is 13.2 Å². The summed E-state index contributed by atoms with van der Waals surface area (Å²) in [6, 6.07) is 7.92. The summed E-state index contributed by atoms with van der Waals surface area (Å²) < 4.78 is 47.3. The van der Waals surface area contributed by atoms with Crippen LogP contribution in [0.5, 0.6) is 5.75 Å². The van der Waals surface area contributed by atoms with Gasteiger partial charge in [-0.15, -0.1) is 0 Å². The van der Waals surface area contributed by atoms with Crippen LogP contribution in [0.3, 0.4) is 0 Å². The first-order valence-corrected chi connectivity index (χ1v) is 6.08. The van der Waals surface area contributed by atoms with E-state index in [1.54, 1.807) is 18.2 Å². The van der Waals surface area contributed by atoms with E-state index in [-0.39, 0.29) is 22.1 Å². The van der Waals surface area contributed by atoms with Crippen molar-refractivity contribution in [3.63, 3.8) is 0 Å². The zero-order chi connectivity index (χ0) is 14.4. The number of methoxy groups -OCH3 is 1. The predicted octanol–water partition coefficient (Wildman–Crippen LogP) is 4.73. The third kappa shape index (κ3) is 1.64. The molecule has 0 N–H and O–H groups in total. The Hall–Kier alpha value is -2.23. The maximum Gasteiger partial charge on any atom is 0.173 e. The topological polar surface area (TPSA) is 9.23 Å². The van der Waals surface area contributed by atoms with Crippen LogP contribution >= 0.6 is 0 Å². The van der Waals surface area contributed by atoms with Crippen molar-refractivity contribution in [1.29, 1.82) is 0 Å².